The lowest BCUT2D eigenvalue weighted by atomic mass is 9.47. The van der Waals surface area contributed by atoms with Gasteiger partial charge in [0.15, 0.2) is 6.29 Å². The van der Waals surface area contributed by atoms with Crippen molar-refractivity contribution in [3.05, 3.63) is 11.6 Å². The Labute approximate surface area is 192 Å². The first-order chi connectivity index (χ1) is 15.1. The summed E-state index contributed by atoms with van der Waals surface area (Å²) in [6, 6.07) is 0. The van der Waals surface area contributed by atoms with Crippen LogP contribution >= 0.6 is 0 Å². The molecule has 12 atom stereocenters. The minimum atomic E-state index is -1.23. The molecule has 182 valence electrons. The first-order valence-corrected chi connectivity index (χ1v) is 12.8. The van der Waals surface area contributed by atoms with Crippen molar-refractivity contribution in [2.75, 3.05) is 6.61 Å². The number of hydrogen-bond acceptors (Lipinski definition) is 6. The molecule has 5 rings (SSSR count). The largest absolute Gasteiger partial charge is 0.393 e. The van der Waals surface area contributed by atoms with Crippen molar-refractivity contribution >= 4 is 0 Å². The molecule has 0 unspecified atom stereocenters. The summed E-state index contributed by atoms with van der Waals surface area (Å²) in [4.78, 5) is 0. The molecule has 1 heterocycles. The predicted molar refractivity (Wildman–Crippen MR) is 120 cm³/mol. The van der Waals surface area contributed by atoms with E-state index in [0.29, 0.717) is 23.7 Å². The molecule has 0 spiro atoms. The van der Waals surface area contributed by atoms with E-state index < -0.39 is 24.6 Å². The van der Waals surface area contributed by atoms with Gasteiger partial charge in [0.2, 0.25) is 0 Å². The molecule has 0 aromatic carbocycles. The molecule has 32 heavy (non-hydrogen) atoms. The van der Waals surface area contributed by atoms with Crippen molar-refractivity contribution in [2.24, 2.45) is 34.5 Å². The van der Waals surface area contributed by atoms with Crippen molar-refractivity contribution in [1.82, 2.24) is 0 Å². The zero-order valence-electron chi connectivity index (χ0n) is 19.8. The topological polar surface area (TPSA) is 99.4 Å². The average Bonchev–Trinajstić information content (AvgIpc) is 3.12. The van der Waals surface area contributed by atoms with Crippen LogP contribution in [0.4, 0.5) is 0 Å². The standard InChI is InChI=1S/C26H42O6/c1-14(27)18-6-7-19-17-5-4-15-12-16(32-24-23(30)22(29)21(28)13-31-24)8-10-25(15,2)20(17)9-11-26(18,19)3/h4,14,16-24,27-30H,5-13H2,1-3H3/t14-,16-,17-,18+,19-,20-,21-,22-,23+,24-,25-,26+/m0/s1. The van der Waals surface area contributed by atoms with E-state index in [1.54, 1.807) is 0 Å². The quantitative estimate of drug-likeness (QED) is 0.494. The lowest BCUT2D eigenvalue weighted by Gasteiger charge is -2.58. The highest BCUT2D eigenvalue weighted by atomic mass is 16.7. The van der Waals surface area contributed by atoms with E-state index in [9.17, 15) is 20.4 Å². The van der Waals surface area contributed by atoms with Gasteiger partial charge < -0.3 is 29.9 Å². The first-order valence-electron chi connectivity index (χ1n) is 12.8. The summed E-state index contributed by atoms with van der Waals surface area (Å²) in [6.07, 6.45) is 6.67. The van der Waals surface area contributed by atoms with Crippen molar-refractivity contribution in [2.45, 2.75) is 109 Å². The van der Waals surface area contributed by atoms with Gasteiger partial charge in [0.05, 0.1) is 18.8 Å². The Hall–Kier alpha value is -0.500. The van der Waals surface area contributed by atoms with Crippen molar-refractivity contribution in [3.8, 4) is 0 Å². The summed E-state index contributed by atoms with van der Waals surface area (Å²) < 4.78 is 11.6. The summed E-state index contributed by atoms with van der Waals surface area (Å²) >= 11 is 0. The minimum absolute atomic E-state index is 0.0204. The molecular formula is C26H42O6. The van der Waals surface area contributed by atoms with Crippen LogP contribution in [0.1, 0.15) is 72.1 Å². The van der Waals surface area contributed by atoms with E-state index >= 15 is 0 Å². The lowest BCUT2D eigenvalue weighted by molar-refractivity contribution is -0.284. The highest BCUT2D eigenvalue weighted by molar-refractivity contribution is 5.25. The molecule has 1 aliphatic heterocycles. The third-order valence-electron chi connectivity index (χ3n) is 10.5. The van der Waals surface area contributed by atoms with Crippen LogP contribution in [0.5, 0.6) is 0 Å². The Balaban J connectivity index is 1.29. The van der Waals surface area contributed by atoms with Crippen LogP contribution in [0.2, 0.25) is 0 Å². The fourth-order valence-electron chi connectivity index (χ4n) is 8.67. The molecule has 4 fully saturated rings. The van der Waals surface area contributed by atoms with Crippen LogP contribution in [0.25, 0.3) is 0 Å². The molecule has 0 amide bonds. The van der Waals surface area contributed by atoms with Crippen LogP contribution < -0.4 is 0 Å². The van der Waals surface area contributed by atoms with Gasteiger partial charge >= 0.3 is 0 Å². The SMILES string of the molecule is C[C@H](O)[C@H]1CC[C@H]2[C@@H]3CC=C4C[C@@H](O[C@@H]5OC[C@H](O)[C@H](O)[C@H]5O)CC[C@]4(C)[C@H]3CC[C@]12C. The monoisotopic (exact) mass is 450 g/mol. The lowest BCUT2D eigenvalue weighted by Crippen LogP contribution is -2.55. The Bertz CT molecular complexity index is 738. The zero-order chi connectivity index (χ0) is 22.8. The van der Waals surface area contributed by atoms with Gasteiger partial charge in [0.1, 0.15) is 18.3 Å². The van der Waals surface area contributed by atoms with Crippen molar-refractivity contribution in [1.29, 1.82) is 0 Å². The van der Waals surface area contributed by atoms with Gasteiger partial charge in [-0.25, -0.2) is 0 Å². The van der Waals surface area contributed by atoms with Crippen LogP contribution in [0.3, 0.4) is 0 Å². The Morgan fingerprint density at radius 3 is 2.56 bits per heavy atom. The molecule has 0 aromatic heterocycles. The molecule has 0 bridgehead atoms. The van der Waals surface area contributed by atoms with E-state index in [2.05, 4.69) is 19.9 Å². The smallest absolute Gasteiger partial charge is 0.186 e. The maximum atomic E-state index is 10.4. The van der Waals surface area contributed by atoms with Gasteiger partial charge in [-0.15, -0.1) is 0 Å². The average molecular weight is 451 g/mol. The molecule has 5 aliphatic rings. The van der Waals surface area contributed by atoms with Gasteiger partial charge in [0, 0.05) is 0 Å². The van der Waals surface area contributed by atoms with Crippen molar-refractivity contribution in [3.63, 3.8) is 0 Å². The van der Waals surface area contributed by atoms with Crippen LogP contribution in [-0.2, 0) is 9.47 Å². The molecule has 6 nitrogen and oxygen atoms in total. The van der Waals surface area contributed by atoms with E-state index in [4.69, 9.17) is 9.47 Å². The molecule has 0 radical (unpaired) electrons. The van der Waals surface area contributed by atoms with Gasteiger partial charge in [-0.2, -0.15) is 0 Å². The molecular weight excluding hydrogens is 408 g/mol. The van der Waals surface area contributed by atoms with Crippen LogP contribution in [0, 0.1) is 34.5 Å². The summed E-state index contributed by atoms with van der Waals surface area (Å²) in [7, 11) is 0. The van der Waals surface area contributed by atoms with Gasteiger partial charge in [-0.05, 0) is 92.8 Å². The second kappa shape index (κ2) is 8.31. The van der Waals surface area contributed by atoms with E-state index in [1.807, 2.05) is 6.92 Å². The first kappa shape index (κ1) is 23.3. The number of fused-ring (bicyclic) bond motifs is 5. The molecule has 4 N–H and O–H groups in total. The Morgan fingerprint density at radius 2 is 1.81 bits per heavy atom. The van der Waals surface area contributed by atoms with Gasteiger partial charge in [0.25, 0.3) is 0 Å². The summed E-state index contributed by atoms with van der Waals surface area (Å²) in [5.41, 5.74) is 1.97. The fourth-order valence-corrected chi connectivity index (χ4v) is 8.67. The second-order valence-electron chi connectivity index (χ2n) is 12.0. The normalized spacial score (nSPS) is 54.2. The predicted octanol–water partition coefficient (Wildman–Crippen LogP) is 2.77. The highest BCUT2D eigenvalue weighted by Gasteiger charge is 2.59. The molecule has 6 heteroatoms. The summed E-state index contributed by atoms with van der Waals surface area (Å²) in [6.45, 7) is 6.87. The number of ether oxygens (including phenoxy) is 2. The number of aliphatic hydroxyl groups is 4. The number of allylic oxidation sites excluding steroid dienone is 1. The third-order valence-corrected chi connectivity index (χ3v) is 10.5. The Kier molecular flexibility index (Phi) is 6.04. The summed E-state index contributed by atoms with van der Waals surface area (Å²) in [5, 5.41) is 40.3. The van der Waals surface area contributed by atoms with E-state index in [-0.39, 0.29) is 29.6 Å². The summed E-state index contributed by atoms with van der Waals surface area (Å²) in [5.74, 6) is 2.56. The van der Waals surface area contributed by atoms with E-state index in [0.717, 1.165) is 32.1 Å². The van der Waals surface area contributed by atoms with Crippen LogP contribution in [-0.4, -0.2) is 63.8 Å². The Morgan fingerprint density at radius 1 is 1.03 bits per heavy atom. The maximum absolute atomic E-state index is 10.4. The zero-order valence-corrected chi connectivity index (χ0v) is 19.8. The number of aliphatic hydroxyl groups excluding tert-OH is 4. The van der Waals surface area contributed by atoms with Gasteiger partial charge in [-0.3, -0.25) is 0 Å². The minimum Gasteiger partial charge on any atom is -0.393 e. The second-order valence-corrected chi connectivity index (χ2v) is 12.0. The van der Waals surface area contributed by atoms with Crippen LogP contribution in [0.15, 0.2) is 11.6 Å². The molecule has 3 saturated carbocycles. The van der Waals surface area contributed by atoms with Crippen molar-refractivity contribution < 1.29 is 29.9 Å². The van der Waals surface area contributed by atoms with Gasteiger partial charge in [-0.1, -0.05) is 25.5 Å². The molecule has 4 aliphatic carbocycles. The van der Waals surface area contributed by atoms with E-state index in [1.165, 1.54) is 24.8 Å². The maximum Gasteiger partial charge on any atom is 0.186 e. The highest BCUT2D eigenvalue weighted by Crippen LogP contribution is 2.66. The fraction of sp³-hybridized carbons (Fsp3) is 0.923. The third kappa shape index (κ3) is 3.52. The number of hydrogen-bond donors (Lipinski definition) is 4. The number of rotatable bonds is 3. The molecule has 1 saturated heterocycles. The molecule has 0 aromatic rings.